The number of halogens is 2. The van der Waals surface area contributed by atoms with E-state index in [4.69, 9.17) is 16.3 Å². The second kappa shape index (κ2) is 7.99. The minimum atomic E-state index is -0.334. The molecule has 0 aliphatic carbocycles. The number of carbonyl (C=O) groups excluding carboxylic acids is 2. The maximum absolute atomic E-state index is 11.9. The third kappa shape index (κ3) is 5.58. The van der Waals surface area contributed by atoms with Crippen LogP contribution in [0.4, 0.5) is 11.4 Å². The van der Waals surface area contributed by atoms with Crippen molar-refractivity contribution in [2.45, 2.75) is 6.92 Å². The lowest BCUT2D eigenvalue weighted by Crippen LogP contribution is -2.20. The van der Waals surface area contributed by atoms with Gasteiger partial charge in [0.1, 0.15) is 5.75 Å². The monoisotopic (exact) mass is 396 g/mol. The predicted octanol–water partition coefficient (Wildman–Crippen LogP) is 4.08. The van der Waals surface area contributed by atoms with Crippen molar-refractivity contribution in [2.24, 2.45) is 0 Å². The summed E-state index contributed by atoms with van der Waals surface area (Å²) in [7, 11) is 0. The predicted molar refractivity (Wildman–Crippen MR) is 94.0 cm³/mol. The van der Waals surface area contributed by atoms with Crippen molar-refractivity contribution < 1.29 is 14.3 Å². The van der Waals surface area contributed by atoms with Crippen molar-refractivity contribution in [3.05, 3.63) is 52.0 Å². The number of amides is 2. The average molecular weight is 398 g/mol. The van der Waals surface area contributed by atoms with E-state index in [1.54, 1.807) is 42.5 Å². The quantitative estimate of drug-likeness (QED) is 0.799. The number of hydrogen-bond acceptors (Lipinski definition) is 3. The molecule has 0 aliphatic heterocycles. The maximum Gasteiger partial charge on any atom is 0.262 e. The van der Waals surface area contributed by atoms with Crippen molar-refractivity contribution >= 4 is 50.7 Å². The first-order chi connectivity index (χ1) is 10.9. The van der Waals surface area contributed by atoms with E-state index in [9.17, 15) is 9.59 Å². The molecule has 2 aromatic rings. The molecule has 0 saturated heterocycles. The highest BCUT2D eigenvalue weighted by molar-refractivity contribution is 9.10. The molecule has 0 saturated carbocycles. The van der Waals surface area contributed by atoms with E-state index in [-0.39, 0.29) is 18.4 Å². The molecule has 2 N–H and O–H groups in total. The number of benzene rings is 2. The van der Waals surface area contributed by atoms with Crippen LogP contribution in [0.5, 0.6) is 5.75 Å². The van der Waals surface area contributed by atoms with Crippen LogP contribution < -0.4 is 15.4 Å². The Morgan fingerprint density at radius 2 is 1.96 bits per heavy atom. The zero-order chi connectivity index (χ0) is 16.8. The first-order valence-corrected chi connectivity index (χ1v) is 7.86. The fourth-order valence-electron chi connectivity index (χ4n) is 1.79. The van der Waals surface area contributed by atoms with E-state index in [1.807, 2.05) is 0 Å². The molecule has 120 valence electrons. The number of anilines is 2. The highest BCUT2D eigenvalue weighted by Crippen LogP contribution is 2.25. The molecule has 0 fully saturated rings. The molecule has 23 heavy (non-hydrogen) atoms. The van der Waals surface area contributed by atoms with Gasteiger partial charge in [0.05, 0.1) is 10.7 Å². The molecular formula is C16H14BrClN2O3. The molecule has 7 heteroatoms. The normalized spacial score (nSPS) is 10.0. The van der Waals surface area contributed by atoms with Gasteiger partial charge in [0, 0.05) is 23.2 Å². The van der Waals surface area contributed by atoms with Gasteiger partial charge in [-0.15, -0.1) is 0 Å². The summed E-state index contributed by atoms with van der Waals surface area (Å²) >= 11 is 9.33. The lowest BCUT2D eigenvalue weighted by atomic mass is 10.3. The fraction of sp³-hybridized carbons (Fsp3) is 0.125. The van der Waals surface area contributed by atoms with Crippen LogP contribution in [0.25, 0.3) is 0 Å². The third-order valence-electron chi connectivity index (χ3n) is 2.73. The van der Waals surface area contributed by atoms with Gasteiger partial charge in [-0.1, -0.05) is 33.6 Å². The Kier molecular flexibility index (Phi) is 6.01. The van der Waals surface area contributed by atoms with Crippen molar-refractivity contribution in [1.82, 2.24) is 0 Å². The van der Waals surface area contributed by atoms with E-state index in [1.165, 1.54) is 6.92 Å². The summed E-state index contributed by atoms with van der Waals surface area (Å²) in [5, 5.41) is 5.74. The van der Waals surface area contributed by atoms with Crippen LogP contribution in [0.15, 0.2) is 46.9 Å². The van der Waals surface area contributed by atoms with Crippen molar-refractivity contribution in [3.8, 4) is 5.75 Å². The van der Waals surface area contributed by atoms with Gasteiger partial charge in [-0.05, 0) is 30.3 Å². The van der Waals surface area contributed by atoms with Crippen LogP contribution in [0.1, 0.15) is 6.92 Å². The van der Waals surface area contributed by atoms with Crippen molar-refractivity contribution in [1.29, 1.82) is 0 Å². The number of hydrogen-bond donors (Lipinski definition) is 2. The van der Waals surface area contributed by atoms with Crippen molar-refractivity contribution in [2.75, 3.05) is 17.2 Å². The maximum atomic E-state index is 11.9. The summed E-state index contributed by atoms with van der Waals surface area (Å²) in [4.78, 5) is 22.9. The molecule has 5 nitrogen and oxygen atoms in total. The van der Waals surface area contributed by atoms with E-state index in [0.29, 0.717) is 22.1 Å². The second-order valence-electron chi connectivity index (χ2n) is 4.67. The molecule has 0 aromatic heterocycles. The molecule has 2 amide bonds. The van der Waals surface area contributed by atoms with Gasteiger partial charge in [-0.2, -0.15) is 0 Å². The highest BCUT2D eigenvalue weighted by atomic mass is 79.9. The van der Waals surface area contributed by atoms with Gasteiger partial charge >= 0.3 is 0 Å². The summed E-state index contributed by atoms with van der Waals surface area (Å²) in [6, 6.07) is 12.0. The molecule has 2 aromatic carbocycles. The smallest absolute Gasteiger partial charge is 0.262 e. The van der Waals surface area contributed by atoms with Gasteiger partial charge < -0.3 is 15.4 Å². The topological polar surface area (TPSA) is 67.4 Å². The molecule has 0 unspecified atom stereocenters. The van der Waals surface area contributed by atoms with E-state index >= 15 is 0 Å². The Balaban J connectivity index is 1.92. The van der Waals surface area contributed by atoms with Crippen LogP contribution in [0, 0.1) is 0 Å². The summed E-state index contributed by atoms with van der Waals surface area (Å²) in [5.41, 5.74) is 1.11. The Bertz CT molecular complexity index is 737. The van der Waals surface area contributed by atoms with E-state index in [0.717, 1.165) is 4.47 Å². The molecule has 0 atom stereocenters. The Labute approximate surface area is 147 Å². The van der Waals surface area contributed by atoms with E-state index in [2.05, 4.69) is 26.6 Å². The third-order valence-corrected chi connectivity index (χ3v) is 3.54. The minimum absolute atomic E-state index is 0.171. The number of carbonyl (C=O) groups is 2. The number of rotatable bonds is 5. The first kappa shape index (κ1) is 17.3. The Morgan fingerprint density at radius 1 is 1.17 bits per heavy atom. The van der Waals surface area contributed by atoms with E-state index < -0.39 is 0 Å². The van der Waals surface area contributed by atoms with Gasteiger partial charge in [0.15, 0.2) is 6.61 Å². The molecule has 0 radical (unpaired) electrons. The molecule has 2 rings (SSSR count). The Morgan fingerprint density at radius 3 is 2.65 bits per heavy atom. The minimum Gasteiger partial charge on any atom is -0.484 e. The average Bonchev–Trinajstić information content (AvgIpc) is 2.48. The SMILES string of the molecule is CC(=O)Nc1cccc(OCC(=O)Nc2ccc(Br)cc2Cl)c1. The molecular weight excluding hydrogens is 384 g/mol. The highest BCUT2D eigenvalue weighted by Gasteiger charge is 2.07. The largest absolute Gasteiger partial charge is 0.484 e. The number of nitrogens with one attached hydrogen (secondary N) is 2. The van der Waals surface area contributed by atoms with Gasteiger partial charge in [0.2, 0.25) is 5.91 Å². The first-order valence-electron chi connectivity index (χ1n) is 6.69. The number of ether oxygens (including phenoxy) is 1. The summed E-state index contributed by atoms with van der Waals surface area (Å²) < 4.78 is 6.24. The summed E-state index contributed by atoms with van der Waals surface area (Å²) in [6.45, 7) is 1.25. The molecule has 0 bridgehead atoms. The Hall–Kier alpha value is -2.05. The lowest BCUT2D eigenvalue weighted by molar-refractivity contribution is -0.118. The molecule has 0 aliphatic rings. The summed E-state index contributed by atoms with van der Waals surface area (Å²) in [5.74, 6) is -0.0303. The van der Waals surface area contributed by atoms with Crippen LogP contribution in [0.2, 0.25) is 5.02 Å². The molecule has 0 heterocycles. The second-order valence-corrected chi connectivity index (χ2v) is 5.99. The van der Waals surface area contributed by atoms with Crippen LogP contribution in [0.3, 0.4) is 0 Å². The summed E-state index contributed by atoms with van der Waals surface area (Å²) in [6.07, 6.45) is 0. The van der Waals surface area contributed by atoms with Crippen LogP contribution in [-0.2, 0) is 9.59 Å². The zero-order valence-electron chi connectivity index (χ0n) is 12.2. The van der Waals surface area contributed by atoms with Crippen LogP contribution >= 0.6 is 27.5 Å². The van der Waals surface area contributed by atoms with Crippen molar-refractivity contribution in [3.63, 3.8) is 0 Å². The lowest BCUT2D eigenvalue weighted by Gasteiger charge is -2.10. The van der Waals surface area contributed by atoms with Crippen LogP contribution in [-0.4, -0.2) is 18.4 Å². The molecule has 0 spiro atoms. The fourth-order valence-corrected chi connectivity index (χ4v) is 2.51. The van der Waals surface area contributed by atoms with Gasteiger partial charge in [0.25, 0.3) is 5.91 Å². The zero-order valence-corrected chi connectivity index (χ0v) is 14.6. The van der Waals surface area contributed by atoms with Gasteiger partial charge in [-0.25, -0.2) is 0 Å². The standard InChI is InChI=1S/C16H14BrClN2O3/c1-10(21)19-12-3-2-4-13(8-12)23-9-16(22)20-15-6-5-11(17)7-14(15)18/h2-8H,9H2,1H3,(H,19,21)(H,20,22). The van der Waals surface area contributed by atoms with Gasteiger partial charge in [-0.3, -0.25) is 9.59 Å².